The quantitative estimate of drug-likeness (QED) is 0.797. The predicted molar refractivity (Wildman–Crippen MR) is 59.0 cm³/mol. The third-order valence-corrected chi connectivity index (χ3v) is 2.72. The number of ketones is 1. The molecule has 2 heterocycles. The van der Waals surface area contributed by atoms with Gasteiger partial charge in [0.2, 0.25) is 11.7 Å². The summed E-state index contributed by atoms with van der Waals surface area (Å²) in [6, 6.07) is 5.48. The van der Waals surface area contributed by atoms with Crippen LogP contribution in [0.3, 0.4) is 0 Å². The van der Waals surface area contributed by atoms with Gasteiger partial charge in [0, 0.05) is 12.1 Å². The summed E-state index contributed by atoms with van der Waals surface area (Å²) in [5.74, 6) is 1.23. The fourth-order valence-corrected chi connectivity index (χ4v) is 1.62. The number of Topliss-reactive ketones (excluding diaryl/α,β-unsaturated/α-hetero) is 1. The molecule has 5 heteroatoms. The van der Waals surface area contributed by atoms with Crippen LogP contribution in [0, 0.1) is 5.92 Å². The van der Waals surface area contributed by atoms with Gasteiger partial charge in [-0.3, -0.25) is 9.78 Å². The lowest BCUT2D eigenvalue weighted by Gasteiger charge is -1.91. The molecule has 1 fully saturated rings. The summed E-state index contributed by atoms with van der Waals surface area (Å²) >= 11 is 0. The highest BCUT2D eigenvalue weighted by Crippen LogP contribution is 2.30. The van der Waals surface area contributed by atoms with Crippen LogP contribution in [0.15, 0.2) is 28.9 Å². The van der Waals surface area contributed by atoms with E-state index in [1.165, 1.54) is 0 Å². The van der Waals surface area contributed by atoms with E-state index in [9.17, 15) is 4.79 Å². The van der Waals surface area contributed by atoms with Crippen molar-refractivity contribution in [1.29, 1.82) is 0 Å². The Kier molecular flexibility index (Phi) is 2.44. The Hall–Kier alpha value is -2.04. The molecule has 0 atom stereocenters. The van der Waals surface area contributed by atoms with Crippen LogP contribution in [0.1, 0.15) is 18.7 Å². The van der Waals surface area contributed by atoms with E-state index in [1.54, 1.807) is 12.3 Å². The molecule has 0 aliphatic heterocycles. The number of rotatable bonds is 4. The van der Waals surface area contributed by atoms with E-state index in [2.05, 4.69) is 15.1 Å². The Bertz CT molecular complexity index is 532. The monoisotopic (exact) mass is 229 g/mol. The van der Waals surface area contributed by atoms with Gasteiger partial charge in [0.05, 0.1) is 6.42 Å². The van der Waals surface area contributed by atoms with Crippen molar-refractivity contribution in [1.82, 2.24) is 15.1 Å². The Morgan fingerprint density at radius 3 is 3.00 bits per heavy atom. The zero-order valence-electron chi connectivity index (χ0n) is 9.17. The molecule has 0 radical (unpaired) electrons. The highest BCUT2D eigenvalue weighted by atomic mass is 16.5. The molecule has 0 N–H and O–H groups in total. The second kappa shape index (κ2) is 4.08. The summed E-state index contributed by atoms with van der Waals surface area (Å²) in [4.78, 5) is 19.9. The highest BCUT2D eigenvalue weighted by Gasteiger charge is 2.30. The van der Waals surface area contributed by atoms with Crippen LogP contribution in [0.2, 0.25) is 0 Å². The van der Waals surface area contributed by atoms with Gasteiger partial charge in [-0.1, -0.05) is 11.2 Å². The SMILES string of the molecule is O=C(Cc1nc(-c2ccccn2)no1)C1CC1. The average molecular weight is 229 g/mol. The molecule has 5 nitrogen and oxygen atoms in total. The summed E-state index contributed by atoms with van der Waals surface area (Å²) in [6.07, 6.45) is 3.91. The molecule has 1 aliphatic carbocycles. The van der Waals surface area contributed by atoms with E-state index in [0.29, 0.717) is 17.4 Å². The van der Waals surface area contributed by atoms with Crippen molar-refractivity contribution < 1.29 is 9.32 Å². The molecule has 0 bridgehead atoms. The van der Waals surface area contributed by atoms with Gasteiger partial charge >= 0.3 is 0 Å². The van der Waals surface area contributed by atoms with Crippen molar-refractivity contribution in [3.05, 3.63) is 30.3 Å². The van der Waals surface area contributed by atoms with E-state index in [-0.39, 0.29) is 18.1 Å². The zero-order chi connectivity index (χ0) is 11.7. The minimum absolute atomic E-state index is 0.196. The summed E-state index contributed by atoms with van der Waals surface area (Å²) in [5.41, 5.74) is 0.654. The minimum Gasteiger partial charge on any atom is -0.338 e. The number of hydrogen-bond donors (Lipinski definition) is 0. The highest BCUT2D eigenvalue weighted by molar-refractivity contribution is 5.84. The molecule has 0 unspecified atom stereocenters. The van der Waals surface area contributed by atoms with Crippen LogP contribution in [0.4, 0.5) is 0 Å². The molecule has 1 saturated carbocycles. The molecule has 1 aliphatic rings. The maximum absolute atomic E-state index is 11.6. The molecular formula is C12H11N3O2. The van der Waals surface area contributed by atoms with E-state index in [4.69, 9.17) is 4.52 Å². The number of pyridine rings is 1. The first kappa shape index (κ1) is 10.1. The number of nitrogens with zero attached hydrogens (tertiary/aromatic N) is 3. The second-order valence-electron chi connectivity index (χ2n) is 4.14. The molecule has 0 saturated heterocycles. The minimum atomic E-state index is 0.196. The molecule has 2 aromatic heterocycles. The van der Waals surface area contributed by atoms with Gasteiger partial charge in [-0.15, -0.1) is 0 Å². The molecular weight excluding hydrogens is 218 g/mol. The molecule has 3 rings (SSSR count). The fourth-order valence-electron chi connectivity index (χ4n) is 1.62. The van der Waals surface area contributed by atoms with Crippen LogP contribution < -0.4 is 0 Å². The largest absolute Gasteiger partial charge is 0.338 e. The Balaban J connectivity index is 1.76. The maximum atomic E-state index is 11.6. The first-order valence-corrected chi connectivity index (χ1v) is 5.59. The molecule has 17 heavy (non-hydrogen) atoms. The van der Waals surface area contributed by atoms with Crippen LogP contribution in [-0.4, -0.2) is 20.9 Å². The fraction of sp³-hybridized carbons (Fsp3) is 0.333. The van der Waals surface area contributed by atoms with E-state index >= 15 is 0 Å². The average Bonchev–Trinajstić information content (AvgIpc) is 3.12. The lowest BCUT2D eigenvalue weighted by Crippen LogP contribution is -2.04. The Morgan fingerprint density at radius 1 is 1.41 bits per heavy atom. The van der Waals surface area contributed by atoms with E-state index < -0.39 is 0 Å². The Labute approximate surface area is 97.9 Å². The lowest BCUT2D eigenvalue weighted by atomic mass is 10.2. The molecule has 0 amide bonds. The summed E-state index contributed by atoms with van der Waals surface area (Å²) in [6.45, 7) is 0. The van der Waals surface area contributed by atoms with Gasteiger partial charge in [-0.05, 0) is 25.0 Å². The number of carbonyl (C=O) groups is 1. The van der Waals surface area contributed by atoms with Crippen LogP contribution >= 0.6 is 0 Å². The molecule has 0 spiro atoms. The van der Waals surface area contributed by atoms with Gasteiger partial charge < -0.3 is 4.52 Å². The zero-order valence-corrected chi connectivity index (χ0v) is 9.17. The van der Waals surface area contributed by atoms with Gasteiger partial charge in [0.25, 0.3) is 0 Å². The van der Waals surface area contributed by atoms with Crippen molar-refractivity contribution >= 4 is 5.78 Å². The summed E-state index contributed by atoms with van der Waals surface area (Å²) < 4.78 is 5.05. The van der Waals surface area contributed by atoms with Gasteiger partial charge in [-0.25, -0.2) is 0 Å². The third-order valence-electron chi connectivity index (χ3n) is 2.72. The van der Waals surface area contributed by atoms with Crippen molar-refractivity contribution in [3.63, 3.8) is 0 Å². The molecule has 0 aromatic carbocycles. The molecule has 86 valence electrons. The first-order chi connectivity index (χ1) is 8.33. The Morgan fingerprint density at radius 2 is 2.29 bits per heavy atom. The maximum Gasteiger partial charge on any atom is 0.234 e. The van der Waals surface area contributed by atoms with Crippen molar-refractivity contribution in [2.24, 2.45) is 5.92 Å². The number of hydrogen-bond acceptors (Lipinski definition) is 5. The van der Waals surface area contributed by atoms with Crippen molar-refractivity contribution in [2.75, 3.05) is 0 Å². The number of aromatic nitrogens is 3. The summed E-state index contributed by atoms with van der Waals surface area (Å²) in [5, 5.41) is 3.82. The molecule has 2 aromatic rings. The van der Waals surface area contributed by atoms with E-state index in [1.807, 2.05) is 12.1 Å². The number of carbonyl (C=O) groups excluding carboxylic acids is 1. The van der Waals surface area contributed by atoms with Crippen LogP contribution in [0.5, 0.6) is 0 Å². The topological polar surface area (TPSA) is 68.9 Å². The predicted octanol–water partition coefficient (Wildman–Crippen LogP) is 1.65. The second-order valence-corrected chi connectivity index (χ2v) is 4.14. The normalized spacial score (nSPS) is 14.8. The third kappa shape index (κ3) is 2.22. The lowest BCUT2D eigenvalue weighted by molar-refractivity contribution is -0.119. The van der Waals surface area contributed by atoms with E-state index in [0.717, 1.165) is 12.8 Å². The first-order valence-electron chi connectivity index (χ1n) is 5.59. The van der Waals surface area contributed by atoms with Gasteiger partial charge in [-0.2, -0.15) is 4.98 Å². The van der Waals surface area contributed by atoms with Crippen molar-refractivity contribution in [2.45, 2.75) is 19.3 Å². The van der Waals surface area contributed by atoms with Crippen LogP contribution in [0.25, 0.3) is 11.5 Å². The summed E-state index contributed by atoms with van der Waals surface area (Å²) in [7, 11) is 0. The smallest absolute Gasteiger partial charge is 0.234 e. The van der Waals surface area contributed by atoms with Gasteiger partial charge in [0.1, 0.15) is 11.5 Å². The standard InChI is InChI=1S/C12H11N3O2/c16-10(8-4-5-8)7-11-14-12(15-17-11)9-3-1-2-6-13-9/h1-3,6,8H,4-5,7H2. The van der Waals surface area contributed by atoms with Crippen LogP contribution in [-0.2, 0) is 11.2 Å². The van der Waals surface area contributed by atoms with Crippen molar-refractivity contribution in [3.8, 4) is 11.5 Å². The van der Waals surface area contributed by atoms with Gasteiger partial charge in [0.15, 0.2) is 0 Å².